The monoisotopic (exact) mass is 285 g/mol. The molecule has 1 fully saturated rings. The topological polar surface area (TPSA) is 56.1 Å². The molecule has 1 N–H and O–H groups in total. The van der Waals surface area contributed by atoms with Crippen LogP contribution in [0.2, 0.25) is 5.02 Å². The average Bonchev–Trinajstić information content (AvgIpc) is 2.32. The summed E-state index contributed by atoms with van der Waals surface area (Å²) in [6.07, 6.45) is 5.14. The Morgan fingerprint density at radius 3 is 2.95 bits per heavy atom. The van der Waals surface area contributed by atoms with Gasteiger partial charge in [0, 0.05) is 19.7 Å². The third-order valence-electron chi connectivity index (χ3n) is 3.46. The van der Waals surface area contributed by atoms with Crippen molar-refractivity contribution in [2.75, 3.05) is 19.0 Å². The van der Waals surface area contributed by atoms with Gasteiger partial charge in [0.15, 0.2) is 0 Å². The van der Waals surface area contributed by atoms with Crippen LogP contribution in [0.5, 0.6) is 0 Å². The fraction of sp³-hybridized carbons (Fsp3) is 0.692. The van der Waals surface area contributed by atoms with E-state index >= 15 is 0 Å². The Labute approximate surface area is 117 Å². The van der Waals surface area contributed by atoms with E-state index in [1.165, 1.54) is 30.1 Å². The van der Waals surface area contributed by atoms with E-state index < -0.39 is 0 Å². The zero-order chi connectivity index (χ0) is 13.8. The molecule has 0 saturated heterocycles. The van der Waals surface area contributed by atoms with Gasteiger partial charge in [-0.25, -0.2) is 4.68 Å². The highest BCUT2D eigenvalue weighted by atomic mass is 35.5. The van der Waals surface area contributed by atoms with Gasteiger partial charge in [-0.05, 0) is 25.7 Å². The number of rotatable bonds is 6. The minimum absolute atomic E-state index is 0.0229. The lowest BCUT2D eigenvalue weighted by Gasteiger charge is -2.25. The molecule has 2 rings (SSSR count). The molecule has 1 aromatic heterocycles. The molecule has 106 valence electrons. The summed E-state index contributed by atoms with van der Waals surface area (Å²) < 4.78 is 6.56. The van der Waals surface area contributed by atoms with Gasteiger partial charge in [0.05, 0.1) is 17.8 Å². The van der Waals surface area contributed by atoms with Gasteiger partial charge < -0.3 is 10.1 Å². The second-order valence-electron chi connectivity index (χ2n) is 5.15. The van der Waals surface area contributed by atoms with Gasteiger partial charge in [0.2, 0.25) is 0 Å². The molecule has 1 atom stereocenters. The number of nitrogens with zero attached hydrogens (tertiary/aromatic N) is 2. The first-order valence-corrected chi connectivity index (χ1v) is 7.00. The second-order valence-corrected chi connectivity index (χ2v) is 5.56. The standard InChI is InChI=1S/C13H20ClN3O2/c1-9(8-19-2)16-12-11(14)6-15-17(13(12)18)7-10-4-3-5-10/h6,9-10,16H,3-5,7-8H2,1-2H3. The molecular weight excluding hydrogens is 266 g/mol. The third kappa shape index (κ3) is 3.48. The predicted molar refractivity (Wildman–Crippen MR) is 75.8 cm³/mol. The number of methoxy groups -OCH3 is 1. The SMILES string of the molecule is COCC(C)Nc1c(Cl)cnn(CC2CCC2)c1=O. The van der Waals surface area contributed by atoms with Gasteiger partial charge in [0.25, 0.3) is 5.56 Å². The average molecular weight is 286 g/mol. The van der Waals surface area contributed by atoms with Crippen LogP contribution in [0.15, 0.2) is 11.0 Å². The lowest BCUT2D eigenvalue weighted by atomic mass is 9.85. The maximum absolute atomic E-state index is 12.3. The van der Waals surface area contributed by atoms with Crippen LogP contribution < -0.4 is 10.9 Å². The van der Waals surface area contributed by atoms with Crippen molar-refractivity contribution in [3.05, 3.63) is 21.6 Å². The summed E-state index contributed by atoms with van der Waals surface area (Å²) in [4.78, 5) is 12.3. The first-order chi connectivity index (χ1) is 9.11. The van der Waals surface area contributed by atoms with E-state index in [4.69, 9.17) is 16.3 Å². The highest BCUT2D eigenvalue weighted by Crippen LogP contribution is 2.27. The molecule has 6 heteroatoms. The molecule has 0 aromatic carbocycles. The van der Waals surface area contributed by atoms with E-state index in [2.05, 4.69) is 10.4 Å². The van der Waals surface area contributed by atoms with E-state index in [1.54, 1.807) is 7.11 Å². The van der Waals surface area contributed by atoms with Crippen LogP contribution in [0.25, 0.3) is 0 Å². The van der Waals surface area contributed by atoms with Crippen LogP contribution in [0, 0.1) is 5.92 Å². The van der Waals surface area contributed by atoms with Crippen LogP contribution >= 0.6 is 11.6 Å². The fourth-order valence-corrected chi connectivity index (χ4v) is 2.37. The summed E-state index contributed by atoms with van der Waals surface area (Å²) in [5.74, 6) is 0.579. The van der Waals surface area contributed by atoms with Gasteiger partial charge >= 0.3 is 0 Å². The van der Waals surface area contributed by atoms with Crippen molar-refractivity contribution in [1.29, 1.82) is 0 Å². The number of hydrogen-bond donors (Lipinski definition) is 1. The molecule has 0 bridgehead atoms. The molecule has 1 unspecified atom stereocenters. The van der Waals surface area contributed by atoms with Gasteiger partial charge in [-0.2, -0.15) is 5.10 Å². The lowest BCUT2D eigenvalue weighted by molar-refractivity contribution is 0.190. The number of hydrogen-bond acceptors (Lipinski definition) is 4. The van der Waals surface area contributed by atoms with E-state index in [0.717, 1.165) is 0 Å². The fourth-order valence-electron chi connectivity index (χ4n) is 2.19. The number of anilines is 1. The maximum Gasteiger partial charge on any atom is 0.291 e. The summed E-state index contributed by atoms with van der Waals surface area (Å²) >= 11 is 6.05. The van der Waals surface area contributed by atoms with Crippen molar-refractivity contribution in [2.24, 2.45) is 5.92 Å². The zero-order valence-electron chi connectivity index (χ0n) is 11.4. The van der Waals surface area contributed by atoms with Gasteiger partial charge in [-0.1, -0.05) is 18.0 Å². The van der Waals surface area contributed by atoms with E-state index in [1.807, 2.05) is 6.92 Å². The van der Waals surface area contributed by atoms with Crippen LogP contribution in [-0.2, 0) is 11.3 Å². The molecule has 1 heterocycles. The molecule has 0 aliphatic heterocycles. The second kappa shape index (κ2) is 6.39. The summed E-state index contributed by atoms with van der Waals surface area (Å²) in [5.41, 5.74) is 0.267. The molecule has 0 radical (unpaired) electrons. The molecular formula is C13H20ClN3O2. The van der Waals surface area contributed by atoms with Crippen molar-refractivity contribution in [3.63, 3.8) is 0 Å². The largest absolute Gasteiger partial charge is 0.383 e. The number of halogens is 1. The molecule has 0 spiro atoms. The number of aromatic nitrogens is 2. The van der Waals surface area contributed by atoms with E-state index in [-0.39, 0.29) is 11.6 Å². The van der Waals surface area contributed by atoms with E-state index in [9.17, 15) is 4.79 Å². The Balaban J connectivity index is 2.16. The first kappa shape index (κ1) is 14.3. The van der Waals surface area contributed by atoms with Crippen LogP contribution in [-0.4, -0.2) is 29.5 Å². The summed E-state index contributed by atoms with van der Waals surface area (Å²) in [6.45, 7) is 3.14. The number of nitrogens with one attached hydrogen (secondary N) is 1. The smallest absolute Gasteiger partial charge is 0.291 e. The van der Waals surface area contributed by atoms with Crippen molar-refractivity contribution < 1.29 is 4.74 Å². The van der Waals surface area contributed by atoms with Crippen LogP contribution in [0.1, 0.15) is 26.2 Å². The van der Waals surface area contributed by atoms with Crippen molar-refractivity contribution >= 4 is 17.3 Å². The third-order valence-corrected chi connectivity index (χ3v) is 3.75. The Morgan fingerprint density at radius 2 is 2.37 bits per heavy atom. The number of ether oxygens (including phenoxy) is 1. The van der Waals surface area contributed by atoms with Gasteiger partial charge in [-0.15, -0.1) is 0 Å². The Bertz CT molecular complexity index is 485. The van der Waals surface area contributed by atoms with E-state index in [0.29, 0.717) is 29.8 Å². The first-order valence-electron chi connectivity index (χ1n) is 6.63. The molecule has 19 heavy (non-hydrogen) atoms. The predicted octanol–water partition coefficient (Wildman–Crippen LogP) is 2.14. The van der Waals surface area contributed by atoms with Crippen molar-refractivity contribution in [1.82, 2.24) is 9.78 Å². The molecule has 1 saturated carbocycles. The summed E-state index contributed by atoms with van der Waals surface area (Å²) in [7, 11) is 1.63. The van der Waals surface area contributed by atoms with Gasteiger partial charge in [0.1, 0.15) is 5.69 Å². The summed E-state index contributed by atoms with van der Waals surface area (Å²) in [5, 5.41) is 7.57. The molecule has 1 aliphatic carbocycles. The highest BCUT2D eigenvalue weighted by molar-refractivity contribution is 6.33. The normalized spacial score (nSPS) is 17.0. The minimum Gasteiger partial charge on any atom is -0.383 e. The minimum atomic E-state index is -0.151. The Morgan fingerprint density at radius 1 is 1.63 bits per heavy atom. The highest BCUT2D eigenvalue weighted by Gasteiger charge is 2.20. The van der Waals surface area contributed by atoms with Crippen LogP contribution in [0.4, 0.5) is 5.69 Å². The molecule has 1 aliphatic rings. The van der Waals surface area contributed by atoms with Crippen molar-refractivity contribution in [3.8, 4) is 0 Å². The zero-order valence-corrected chi connectivity index (χ0v) is 12.1. The quantitative estimate of drug-likeness (QED) is 0.870. The maximum atomic E-state index is 12.3. The molecule has 1 aromatic rings. The Kier molecular flexibility index (Phi) is 4.82. The molecule has 5 nitrogen and oxygen atoms in total. The lowest BCUT2D eigenvalue weighted by Crippen LogP contribution is -2.33. The van der Waals surface area contributed by atoms with Crippen molar-refractivity contribution in [2.45, 2.75) is 38.8 Å². The van der Waals surface area contributed by atoms with Gasteiger partial charge in [-0.3, -0.25) is 4.79 Å². The van der Waals surface area contributed by atoms with Crippen LogP contribution in [0.3, 0.4) is 0 Å². The summed E-state index contributed by atoms with van der Waals surface area (Å²) in [6, 6.07) is 0.0229. The Hall–Kier alpha value is -1.07. The molecule has 0 amide bonds.